The molecule has 2 aromatic rings. The van der Waals surface area contributed by atoms with Crippen LogP contribution >= 0.6 is 11.6 Å². The lowest BCUT2D eigenvalue weighted by Crippen LogP contribution is -2.04. The van der Waals surface area contributed by atoms with Crippen molar-refractivity contribution in [3.63, 3.8) is 0 Å². The number of halogens is 2. The third-order valence-electron chi connectivity index (χ3n) is 2.30. The van der Waals surface area contributed by atoms with Crippen LogP contribution in [0.15, 0.2) is 42.6 Å². The fourth-order valence-corrected chi connectivity index (χ4v) is 1.53. The predicted octanol–water partition coefficient (Wildman–Crippen LogP) is 3.30. The van der Waals surface area contributed by atoms with Gasteiger partial charge in [-0.05, 0) is 36.4 Å². The van der Waals surface area contributed by atoms with E-state index in [-0.39, 0.29) is 18.0 Å². The first-order valence-corrected chi connectivity index (χ1v) is 5.42. The van der Waals surface area contributed by atoms with Crippen LogP contribution in [-0.2, 0) is 6.42 Å². The van der Waals surface area contributed by atoms with Crippen molar-refractivity contribution in [3.05, 3.63) is 64.7 Å². The van der Waals surface area contributed by atoms with E-state index in [1.165, 1.54) is 30.5 Å². The van der Waals surface area contributed by atoms with E-state index in [1.54, 1.807) is 12.1 Å². The standard InChI is InChI=1S/C13H9ClFNO/c14-10-3-6-12(16-8-10)7-13(17)9-1-4-11(15)5-2-9/h1-6,8H,7H2. The average Bonchev–Trinajstić information content (AvgIpc) is 2.33. The summed E-state index contributed by atoms with van der Waals surface area (Å²) in [6.07, 6.45) is 1.68. The van der Waals surface area contributed by atoms with Gasteiger partial charge in [0, 0.05) is 17.5 Å². The second kappa shape index (κ2) is 5.06. The van der Waals surface area contributed by atoms with E-state index in [2.05, 4.69) is 4.98 Å². The summed E-state index contributed by atoms with van der Waals surface area (Å²) in [7, 11) is 0. The first kappa shape index (κ1) is 11.7. The lowest BCUT2D eigenvalue weighted by atomic mass is 10.1. The fourth-order valence-electron chi connectivity index (χ4n) is 1.41. The molecule has 2 nitrogen and oxygen atoms in total. The SMILES string of the molecule is O=C(Cc1ccc(Cl)cn1)c1ccc(F)cc1. The molecule has 0 amide bonds. The molecule has 0 bridgehead atoms. The third kappa shape index (κ3) is 3.11. The molecule has 86 valence electrons. The van der Waals surface area contributed by atoms with Crippen LogP contribution in [0.25, 0.3) is 0 Å². The number of benzene rings is 1. The summed E-state index contributed by atoms with van der Waals surface area (Å²) in [5.41, 5.74) is 1.12. The van der Waals surface area contributed by atoms with Gasteiger partial charge >= 0.3 is 0 Å². The van der Waals surface area contributed by atoms with Gasteiger partial charge in [0.2, 0.25) is 0 Å². The smallest absolute Gasteiger partial charge is 0.168 e. The largest absolute Gasteiger partial charge is 0.294 e. The zero-order valence-corrected chi connectivity index (χ0v) is 9.62. The van der Waals surface area contributed by atoms with E-state index >= 15 is 0 Å². The van der Waals surface area contributed by atoms with Gasteiger partial charge in [0.1, 0.15) is 5.82 Å². The average molecular weight is 250 g/mol. The first-order valence-electron chi connectivity index (χ1n) is 5.04. The van der Waals surface area contributed by atoms with Gasteiger partial charge in [-0.25, -0.2) is 4.39 Å². The number of hydrogen-bond donors (Lipinski definition) is 0. The maximum atomic E-state index is 12.7. The summed E-state index contributed by atoms with van der Waals surface area (Å²) in [4.78, 5) is 15.8. The molecule has 1 heterocycles. The Kier molecular flexibility index (Phi) is 3.49. The zero-order valence-electron chi connectivity index (χ0n) is 8.86. The topological polar surface area (TPSA) is 30.0 Å². The molecule has 0 spiro atoms. The molecule has 2 rings (SSSR count). The second-order valence-corrected chi connectivity index (χ2v) is 4.01. The molecule has 1 aromatic heterocycles. The number of aromatic nitrogens is 1. The lowest BCUT2D eigenvalue weighted by Gasteiger charge is -2.01. The minimum Gasteiger partial charge on any atom is -0.294 e. The van der Waals surface area contributed by atoms with Crippen molar-refractivity contribution in [1.29, 1.82) is 0 Å². The molecule has 17 heavy (non-hydrogen) atoms. The molecule has 0 aliphatic heterocycles. The molecular weight excluding hydrogens is 241 g/mol. The molecule has 0 atom stereocenters. The molecule has 0 fully saturated rings. The molecule has 0 aliphatic carbocycles. The van der Waals surface area contributed by atoms with Crippen molar-refractivity contribution in [2.45, 2.75) is 6.42 Å². The first-order chi connectivity index (χ1) is 8.15. The number of rotatable bonds is 3. The quantitative estimate of drug-likeness (QED) is 0.782. The summed E-state index contributed by atoms with van der Waals surface area (Å²) >= 11 is 5.69. The second-order valence-electron chi connectivity index (χ2n) is 3.57. The van der Waals surface area contributed by atoms with Gasteiger partial charge in [-0.3, -0.25) is 9.78 Å². The van der Waals surface area contributed by atoms with Crippen LogP contribution < -0.4 is 0 Å². The van der Waals surface area contributed by atoms with Crippen LogP contribution in [0, 0.1) is 5.82 Å². The highest BCUT2D eigenvalue weighted by Gasteiger charge is 2.07. The highest BCUT2D eigenvalue weighted by Crippen LogP contribution is 2.10. The Morgan fingerprint density at radius 1 is 1.18 bits per heavy atom. The third-order valence-corrected chi connectivity index (χ3v) is 2.52. The lowest BCUT2D eigenvalue weighted by molar-refractivity contribution is 0.0992. The molecule has 0 unspecified atom stereocenters. The van der Waals surface area contributed by atoms with Crippen molar-refractivity contribution >= 4 is 17.4 Å². The summed E-state index contributed by atoms with van der Waals surface area (Å²) in [5, 5.41) is 0.531. The Hall–Kier alpha value is -1.74. The maximum Gasteiger partial charge on any atom is 0.168 e. The van der Waals surface area contributed by atoms with E-state index in [4.69, 9.17) is 11.6 Å². The Morgan fingerprint density at radius 2 is 1.88 bits per heavy atom. The van der Waals surface area contributed by atoms with Crippen LogP contribution in [0.5, 0.6) is 0 Å². The van der Waals surface area contributed by atoms with Crippen LogP contribution in [0.4, 0.5) is 4.39 Å². The van der Waals surface area contributed by atoms with Crippen molar-refractivity contribution < 1.29 is 9.18 Å². The summed E-state index contributed by atoms with van der Waals surface area (Å²) < 4.78 is 12.7. The van der Waals surface area contributed by atoms with E-state index in [9.17, 15) is 9.18 Å². The van der Waals surface area contributed by atoms with Gasteiger partial charge in [0.15, 0.2) is 5.78 Å². The van der Waals surface area contributed by atoms with Crippen LogP contribution in [0.2, 0.25) is 5.02 Å². The minimum atomic E-state index is -0.355. The van der Waals surface area contributed by atoms with Crippen LogP contribution in [0.1, 0.15) is 16.1 Å². The monoisotopic (exact) mass is 249 g/mol. The molecule has 1 aromatic carbocycles. The highest BCUT2D eigenvalue weighted by atomic mass is 35.5. The molecule has 0 N–H and O–H groups in total. The van der Waals surface area contributed by atoms with E-state index in [1.807, 2.05) is 0 Å². The van der Waals surface area contributed by atoms with Crippen molar-refractivity contribution in [3.8, 4) is 0 Å². The molecule has 4 heteroatoms. The van der Waals surface area contributed by atoms with Gasteiger partial charge < -0.3 is 0 Å². The van der Waals surface area contributed by atoms with Gasteiger partial charge in [-0.15, -0.1) is 0 Å². The number of ketones is 1. The molecule has 0 aliphatic rings. The number of pyridine rings is 1. The Morgan fingerprint density at radius 3 is 2.47 bits per heavy atom. The highest BCUT2D eigenvalue weighted by molar-refractivity contribution is 6.30. The number of nitrogens with zero attached hydrogens (tertiary/aromatic N) is 1. The summed E-state index contributed by atoms with van der Waals surface area (Å²) in [6.45, 7) is 0. The molecule has 0 saturated carbocycles. The number of hydrogen-bond acceptors (Lipinski definition) is 2. The maximum absolute atomic E-state index is 12.7. The fraction of sp³-hybridized carbons (Fsp3) is 0.0769. The van der Waals surface area contributed by atoms with E-state index in [0.29, 0.717) is 16.3 Å². The predicted molar refractivity (Wildman–Crippen MR) is 63.7 cm³/mol. The van der Waals surface area contributed by atoms with Gasteiger partial charge in [0.25, 0.3) is 0 Å². The molecular formula is C13H9ClFNO. The Balaban J connectivity index is 2.11. The minimum absolute atomic E-state index is 0.0974. The number of carbonyl (C=O) groups is 1. The Bertz CT molecular complexity index is 522. The number of Topliss-reactive ketones (excluding diaryl/α,β-unsaturated/α-hetero) is 1. The van der Waals surface area contributed by atoms with Gasteiger partial charge in [-0.1, -0.05) is 11.6 Å². The summed E-state index contributed by atoms with van der Waals surface area (Å²) in [6, 6.07) is 8.85. The van der Waals surface area contributed by atoms with Crippen LogP contribution in [0.3, 0.4) is 0 Å². The number of carbonyl (C=O) groups excluding carboxylic acids is 1. The Labute approximate surface area is 103 Å². The molecule has 0 radical (unpaired) electrons. The van der Waals surface area contributed by atoms with Crippen molar-refractivity contribution in [2.75, 3.05) is 0 Å². The molecule has 0 saturated heterocycles. The van der Waals surface area contributed by atoms with Crippen LogP contribution in [-0.4, -0.2) is 10.8 Å². The van der Waals surface area contributed by atoms with Crippen molar-refractivity contribution in [1.82, 2.24) is 4.98 Å². The summed E-state index contributed by atoms with van der Waals surface area (Å²) in [5.74, 6) is -0.453. The van der Waals surface area contributed by atoms with Gasteiger partial charge in [0.05, 0.1) is 11.4 Å². The normalized spacial score (nSPS) is 10.2. The van der Waals surface area contributed by atoms with E-state index in [0.717, 1.165) is 0 Å². The van der Waals surface area contributed by atoms with E-state index < -0.39 is 0 Å². The zero-order chi connectivity index (χ0) is 12.3. The van der Waals surface area contributed by atoms with Gasteiger partial charge in [-0.2, -0.15) is 0 Å². The van der Waals surface area contributed by atoms with Crippen molar-refractivity contribution in [2.24, 2.45) is 0 Å².